The van der Waals surface area contributed by atoms with Gasteiger partial charge in [0.15, 0.2) is 0 Å². The summed E-state index contributed by atoms with van der Waals surface area (Å²) in [5.41, 5.74) is -0.926. The summed E-state index contributed by atoms with van der Waals surface area (Å²) in [6.07, 6.45) is -4.05. The Hall–Kier alpha value is -3.45. The normalized spacial score (nSPS) is 28.5. The van der Waals surface area contributed by atoms with Crippen molar-refractivity contribution in [2.45, 2.75) is 23.9 Å². The molecule has 0 spiro atoms. The SMILES string of the molecule is CC12c3ccccc3C(C=O)(c3ccccc31)[C@@H]1C(=O)N(c3ccc(Cl)c(C(F)(F)F)c3)C(=O)[C@@H]12. The average Bonchev–Trinajstić information content (AvgIpc) is 3.11. The summed E-state index contributed by atoms with van der Waals surface area (Å²) in [5, 5.41) is -0.533. The third-order valence-corrected chi connectivity index (χ3v) is 8.31. The summed E-state index contributed by atoms with van der Waals surface area (Å²) in [6.45, 7) is 1.87. The van der Waals surface area contributed by atoms with Crippen molar-refractivity contribution >= 4 is 35.4 Å². The Morgan fingerprint density at radius 1 is 0.857 bits per heavy atom. The van der Waals surface area contributed by atoms with Gasteiger partial charge in [0.25, 0.3) is 0 Å². The smallest absolute Gasteiger partial charge is 0.302 e. The van der Waals surface area contributed by atoms with E-state index in [1.54, 1.807) is 24.3 Å². The van der Waals surface area contributed by atoms with Gasteiger partial charge in [-0.05, 0) is 40.5 Å². The van der Waals surface area contributed by atoms with Crippen molar-refractivity contribution in [3.63, 3.8) is 0 Å². The van der Waals surface area contributed by atoms with Crippen LogP contribution in [0.25, 0.3) is 0 Å². The minimum Gasteiger partial charge on any atom is -0.302 e. The summed E-state index contributed by atoms with van der Waals surface area (Å²) in [6, 6.07) is 17.4. The number of halogens is 4. The van der Waals surface area contributed by atoms with Crippen molar-refractivity contribution in [1.82, 2.24) is 0 Å². The van der Waals surface area contributed by atoms with Crippen molar-refractivity contribution in [2.24, 2.45) is 11.8 Å². The van der Waals surface area contributed by atoms with E-state index < -0.39 is 51.2 Å². The molecular weight excluding hydrogens is 479 g/mol. The molecule has 8 heteroatoms. The molecule has 3 aromatic carbocycles. The fraction of sp³-hybridized carbons (Fsp3) is 0.222. The zero-order valence-corrected chi connectivity index (χ0v) is 19.0. The molecular formula is C27H17ClF3NO3. The van der Waals surface area contributed by atoms with Crippen molar-refractivity contribution in [3.8, 4) is 0 Å². The molecule has 2 atom stereocenters. The van der Waals surface area contributed by atoms with Gasteiger partial charge in [-0.2, -0.15) is 13.2 Å². The van der Waals surface area contributed by atoms with Gasteiger partial charge in [0, 0.05) is 5.41 Å². The Balaban J connectivity index is 1.63. The van der Waals surface area contributed by atoms with Gasteiger partial charge in [0.2, 0.25) is 11.8 Å². The van der Waals surface area contributed by atoms with Crippen LogP contribution in [0.2, 0.25) is 5.02 Å². The monoisotopic (exact) mass is 495 g/mol. The maximum Gasteiger partial charge on any atom is 0.417 e. The van der Waals surface area contributed by atoms with Gasteiger partial charge in [-0.3, -0.25) is 9.59 Å². The molecule has 2 bridgehead atoms. The van der Waals surface area contributed by atoms with Crippen LogP contribution >= 0.6 is 11.6 Å². The number of rotatable bonds is 2. The number of aldehydes is 1. The third-order valence-electron chi connectivity index (χ3n) is 7.98. The first-order valence-corrected chi connectivity index (χ1v) is 11.4. The van der Waals surface area contributed by atoms with E-state index in [2.05, 4.69) is 0 Å². The zero-order chi connectivity index (χ0) is 24.9. The number of amides is 2. The largest absolute Gasteiger partial charge is 0.417 e. The molecule has 1 fully saturated rings. The lowest BCUT2D eigenvalue weighted by atomic mass is 9.42. The first kappa shape index (κ1) is 22.0. The number of carbonyl (C=O) groups is 3. The Morgan fingerprint density at radius 2 is 1.37 bits per heavy atom. The van der Waals surface area contributed by atoms with Gasteiger partial charge in [-0.1, -0.05) is 67.1 Å². The van der Waals surface area contributed by atoms with E-state index in [-0.39, 0.29) is 5.69 Å². The van der Waals surface area contributed by atoms with E-state index in [1.807, 2.05) is 31.2 Å². The molecule has 3 aliphatic carbocycles. The van der Waals surface area contributed by atoms with Gasteiger partial charge in [0.05, 0.1) is 33.5 Å². The van der Waals surface area contributed by atoms with E-state index in [9.17, 15) is 27.6 Å². The molecule has 1 saturated heterocycles. The van der Waals surface area contributed by atoms with Crippen molar-refractivity contribution < 1.29 is 27.6 Å². The highest BCUT2D eigenvalue weighted by molar-refractivity contribution is 6.32. The van der Waals surface area contributed by atoms with Crippen LogP contribution in [0.4, 0.5) is 18.9 Å². The summed E-state index contributed by atoms with van der Waals surface area (Å²) in [5.74, 6) is -3.38. The van der Waals surface area contributed by atoms with Gasteiger partial charge >= 0.3 is 6.18 Å². The average molecular weight is 496 g/mol. The van der Waals surface area contributed by atoms with E-state index in [1.165, 1.54) is 6.07 Å². The molecule has 2 amide bonds. The maximum absolute atomic E-state index is 13.9. The molecule has 1 aliphatic heterocycles. The van der Waals surface area contributed by atoms with Gasteiger partial charge < -0.3 is 4.79 Å². The Morgan fingerprint density at radius 3 is 1.89 bits per heavy atom. The molecule has 0 radical (unpaired) electrons. The van der Waals surface area contributed by atoms with Crippen LogP contribution < -0.4 is 4.90 Å². The minimum atomic E-state index is -4.77. The van der Waals surface area contributed by atoms with Crippen LogP contribution in [0, 0.1) is 11.8 Å². The molecule has 0 unspecified atom stereocenters. The molecule has 35 heavy (non-hydrogen) atoms. The standard InChI is InChI=1S/C27H17ClF3NO3/c1-25-15-6-2-4-8-17(15)26(13-33,18-9-5-3-7-16(18)25)22-21(25)23(34)32(24(22)35)14-10-11-20(28)19(12-14)27(29,30)31/h2-13,21-22H,1H3/t21-,22+,25?,26?/m1/s1. The van der Waals surface area contributed by atoms with Crippen LogP contribution in [-0.2, 0) is 31.4 Å². The van der Waals surface area contributed by atoms with Crippen LogP contribution in [-0.4, -0.2) is 18.1 Å². The number of nitrogens with zero attached hydrogens (tertiary/aromatic N) is 1. The van der Waals surface area contributed by atoms with Crippen molar-refractivity contribution in [3.05, 3.63) is 99.6 Å². The highest BCUT2D eigenvalue weighted by Gasteiger charge is 2.72. The molecule has 176 valence electrons. The second-order valence-corrected chi connectivity index (χ2v) is 9.82. The number of imide groups is 1. The zero-order valence-electron chi connectivity index (χ0n) is 18.3. The lowest BCUT2D eigenvalue weighted by Crippen LogP contribution is -2.61. The van der Waals surface area contributed by atoms with E-state index in [4.69, 9.17) is 11.6 Å². The number of hydrogen-bond donors (Lipinski definition) is 0. The fourth-order valence-corrected chi connectivity index (χ4v) is 6.81. The fourth-order valence-electron chi connectivity index (χ4n) is 6.59. The van der Waals surface area contributed by atoms with E-state index in [0.717, 1.165) is 28.4 Å². The number of anilines is 1. The molecule has 0 N–H and O–H groups in total. The second-order valence-electron chi connectivity index (χ2n) is 9.41. The third kappa shape index (κ3) is 2.46. The van der Waals surface area contributed by atoms with E-state index >= 15 is 0 Å². The number of alkyl halides is 3. The van der Waals surface area contributed by atoms with Crippen LogP contribution in [0.15, 0.2) is 66.7 Å². The quantitative estimate of drug-likeness (QED) is 0.359. The topological polar surface area (TPSA) is 54.5 Å². The number of hydrogen-bond acceptors (Lipinski definition) is 3. The maximum atomic E-state index is 13.9. The van der Waals surface area contributed by atoms with Gasteiger partial charge in [-0.25, -0.2) is 4.90 Å². The van der Waals surface area contributed by atoms with Crippen LogP contribution in [0.5, 0.6) is 0 Å². The first-order chi connectivity index (χ1) is 16.6. The summed E-state index contributed by atoms with van der Waals surface area (Å²) < 4.78 is 40.7. The highest BCUT2D eigenvalue weighted by atomic mass is 35.5. The minimum absolute atomic E-state index is 0.219. The summed E-state index contributed by atoms with van der Waals surface area (Å²) in [7, 11) is 0. The Labute approximate surface area is 203 Å². The molecule has 0 saturated carbocycles. The predicted molar refractivity (Wildman–Crippen MR) is 122 cm³/mol. The van der Waals surface area contributed by atoms with Crippen molar-refractivity contribution in [1.29, 1.82) is 0 Å². The molecule has 4 aliphatic rings. The van der Waals surface area contributed by atoms with E-state index in [0.29, 0.717) is 17.2 Å². The van der Waals surface area contributed by atoms with Crippen LogP contribution in [0.3, 0.4) is 0 Å². The molecule has 0 aromatic heterocycles. The van der Waals surface area contributed by atoms with Gasteiger partial charge in [0.1, 0.15) is 6.29 Å². The van der Waals surface area contributed by atoms with Crippen molar-refractivity contribution in [2.75, 3.05) is 4.90 Å². The van der Waals surface area contributed by atoms with Gasteiger partial charge in [-0.15, -0.1) is 0 Å². The molecule has 1 heterocycles. The Bertz CT molecular complexity index is 1420. The lowest BCUT2D eigenvalue weighted by molar-refractivity contribution is -0.137. The highest BCUT2D eigenvalue weighted by Crippen LogP contribution is 2.66. The first-order valence-electron chi connectivity index (χ1n) is 11.0. The molecule has 4 nitrogen and oxygen atoms in total. The molecule has 7 rings (SSSR count). The summed E-state index contributed by atoms with van der Waals surface area (Å²) >= 11 is 5.77. The second kappa shape index (κ2) is 6.82. The number of carbonyl (C=O) groups excluding carboxylic acids is 3. The predicted octanol–water partition coefficient (Wildman–Crippen LogP) is 5.28. The Kier molecular flexibility index (Phi) is 4.29. The summed E-state index contributed by atoms with van der Waals surface area (Å²) in [4.78, 5) is 41.7. The van der Waals surface area contributed by atoms with Crippen LogP contribution in [0.1, 0.15) is 34.7 Å². The number of benzene rings is 3. The molecule has 3 aromatic rings. The lowest BCUT2D eigenvalue weighted by Gasteiger charge is -2.56.